The monoisotopic (exact) mass is 361 g/mol. The van der Waals surface area contributed by atoms with Gasteiger partial charge in [0.15, 0.2) is 11.4 Å². The van der Waals surface area contributed by atoms with Crippen LogP contribution < -0.4 is 0 Å². The number of benzene rings is 2. The van der Waals surface area contributed by atoms with E-state index in [0.717, 1.165) is 43.6 Å². The third-order valence-electron chi connectivity index (χ3n) is 4.40. The molecular weight excluding hydrogens is 346 g/mol. The smallest absolute Gasteiger partial charge is 0.234 e. The molecule has 0 aliphatic rings. The molecule has 0 spiro atoms. The predicted octanol–water partition coefficient (Wildman–Crippen LogP) is 4.20. The maximum Gasteiger partial charge on any atom is 0.234 e. The third kappa shape index (κ3) is 2.40. The van der Waals surface area contributed by atoms with E-state index >= 15 is 0 Å². The molecule has 5 aromatic rings. The van der Waals surface area contributed by atoms with Gasteiger partial charge < -0.3 is 4.52 Å². The molecule has 3 heterocycles. The Balaban J connectivity index is 1.55. The van der Waals surface area contributed by atoms with Gasteiger partial charge in [0.25, 0.3) is 0 Å². The first-order chi connectivity index (χ1) is 12.7. The average Bonchev–Trinajstić information content (AvgIpc) is 3.30. The Morgan fingerprint density at radius 1 is 1.08 bits per heavy atom. The molecule has 0 saturated heterocycles. The summed E-state index contributed by atoms with van der Waals surface area (Å²) in [7, 11) is 0. The standard InChI is InChI=1S/C19H15N5OS/c1-11-5-3-7-13(9-11)18-20-21-19-24(18)22-16(26-19)10-15-14-8-4-6-12(2)17(14)25-23-15/h3-9H,10H2,1-2H3. The Morgan fingerprint density at radius 2 is 1.96 bits per heavy atom. The van der Waals surface area contributed by atoms with E-state index in [-0.39, 0.29) is 0 Å². The molecule has 7 heteroatoms. The topological polar surface area (TPSA) is 69.1 Å². The van der Waals surface area contributed by atoms with Crippen LogP contribution in [0.2, 0.25) is 0 Å². The number of hydrogen-bond donors (Lipinski definition) is 0. The molecular formula is C19H15N5OS. The predicted molar refractivity (Wildman–Crippen MR) is 100 cm³/mol. The molecule has 0 N–H and O–H groups in total. The highest BCUT2D eigenvalue weighted by molar-refractivity contribution is 7.16. The van der Waals surface area contributed by atoms with Gasteiger partial charge in [-0.15, -0.1) is 10.2 Å². The zero-order valence-electron chi connectivity index (χ0n) is 14.3. The van der Waals surface area contributed by atoms with Gasteiger partial charge >= 0.3 is 0 Å². The number of rotatable bonds is 3. The van der Waals surface area contributed by atoms with E-state index in [1.807, 2.05) is 41.8 Å². The lowest BCUT2D eigenvalue weighted by atomic mass is 10.1. The van der Waals surface area contributed by atoms with Crippen molar-refractivity contribution in [1.82, 2.24) is 25.0 Å². The molecule has 0 radical (unpaired) electrons. The summed E-state index contributed by atoms with van der Waals surface area (Å²) < 4.78 is 7.31. The normalized spacial score (nSPS) is 11.6. The van der Waals surface area contributed by atoms with E-state index in [0.29, 0.717) is 6.42 Å². The van der Waals surface area contributed by atoms with Crippen LogP contribution in [-0.4, -0.2) is 25.0 Å². The van der Waals surface area contributed by atoms with Crippen LogP contribution in [0.4, 0.5) is 0 Å². The highest BCUT2D eigenvalue weighted by Gasteiger charge is 2.16. The summed E-state index contributed by atoms with van der Waals surface area (Å²) in [5.41, 5.74) is 5.01. The lowest BCUT2D eigenvalue weighted by Gasteiger charge is -1.98. The summed E-state index contributed by atoms with van der Waals surface area (Å²) in [5.74, 6) is 0.757. The van der Waals surface area contributed by atoms with Crippen LogP contribution in [0.25, 0.3) is 27.3 Å². The van der Waals surface area contributed by atoms with Crippen molar-refractivity contribution in [2.45, 2.75) is 20.3 Å². The minimum Gasteiger partial charge on any atom is -0.356 e. The summed E-state index contributed by atoms with van der Waals surface area (Å²) in [6.07, 6.45) is 0.609. The first-order valence-electron chi connectivity index (χ1n) is 8.31. The second-order valence-electron chi connectivity index (χ2n) is 6.34. The van der Waals surface area contributed by atoms with Crippen molar-refractivity contribution in [2.75, 3.05) is 0 Å². The van der Waals surface area contributed by atoms with Crippen LogP contribution >= 0.6 is 11.3 Å². The van der Waals surface area contributed by atoms with Gasteiger partial charge in [0.05, 0.1) is 5.69 Å². The van der Waals surface area contributed by atoms with Crippen LogP contribution in [0.3, 0.4) is 0 Å². The Kier molecular flexibility index (Phi) is 3.36. The number of nitrogens with zero attached hydrogens (tertiary/aromatic N) is 5. The largest absolute Gasteiger partial charge is 0.356 e. The van der Waals surface area contributed by atoms with Crippen LogP contribution in [0.1, 0.15) is 21.8 Å². The van der Waals surface area contributed by atoms with Crippen molar-refractivity contribution in [3.63, 3.8) is 0 Å². The van der Waals surface area contributed by atoms with Crippen molar-refractivity contribution in [3.8, 4) is 11.4 Å². The number of aromatic nitrogens is 5. The minimum atomic E-state index is 0.609. The molecule has 0 fully saturated rings. The SMILES string of the molecule is Cc1cccc(-c2nnc3sc(Cc4noc5c(C)cccc45)nn23)c1. The summed E-state index contributed by atoms with van der Waals surface area (Å²) in [5, 5.41) is 19.5. The van der Waals surface area contributed by atoms with E-state index < -0.39 is 0 Å². The van der Waals surface area contributed by atoms with Crippen LogP contribution in [0, 0.1) is 13.8 Å². The maximum absolute atomic E-state index is 5.51. The fourth-order valence-electron chi connectivity index (χ4n) is 3.11. The lowest BCUT2D eigenvalue weighted by molar-refractivity contribution is 0.446. The summed E-state index contributed by atoms with van der Waals surface area (Å²) >= 11 is 1.52. The molecule has 0 atom stereocenters. The zero-order valence-corrected chi connectivity index (χ0v) is 15.1. The Labute approximate surface area is 153 Å². The highest BCUT2D eigenvalue weighted by Crippen LogP contribution is 2.27. The van der Waals surface area contributed by atoms with E-state index in [1.165, 1.54) is 16.9 Å². The van der Waals surface area contributed by atoms with Crippen molar-refractivity contribution in [3.05, 3.63) is 64.3 Å². The molecule has 0 unspecified atom stereocenters. The zero-order chi connectivity index (χ0) is 17.7. The Morgan fingerprint density at radius 3 is 2.85 bits per heavy atom. The van der Waals surface area contributed by atoms with Crippen molar-refractivity contribution < 1.29 is 4.52 Å². The molecule has 3 aromatic heterocycles. The molecule has 2 aromatic carbocycles. The summed E-state index contributed by atoms with van der Waals surface area (Å²) in [4.78, 5) is 0.778. The first-order valence-corrected chi connectivity index (χ1v) is 9.13. The lowest BCUT2D eigenvalue weighted by Crippen LogP contribution is -1.94. The van der Waals surface area contributed by atoms with Gasteiger partial charge in [0, 0.05) is 17.4 Å². The van der Waals surface area contributed by atoms with Gasteiger partial charge in [-0.25, -0.2) is 0 Å². The number of aryl methyl sites for hydroxylation is 2. The third-order valence-corrected chi connectivity index (χ3v) is 5.30. The fourth-order valence-corrected chi connectivity index (χ4v) is 3.95. The fraction of sp³-hybridized carbons (Fsp3) is 0.158. The summed E-state index contributed by atoms with van der Waals surface area (Å²) in [6.45, 7) is 4.08. The van der Waals surface area contributed by atoms with Gasteiger partial charge in [-0.2, -0.15) is 9.61 Å². The van der Waals surface area contributed by atoms with Gasteiger partial charge in [0.1, 0.15) is 5.01 Å². The Hall–Kier alpha value is -3.06. The quantitative estimate of drug-likeness (QED) is 0.482. The van der Waals surface area contributed by atoms with Crippen molar-refractivity contribution in [2.24, 2.45) is 0 Å². The highest BCUT2D eigenvalue weighted by atomic mass is 32.1. The minimum absolute atomic E-state index is 0.609. The van der Waals surface area contributed by atoms with Crippen molar-refractivity contribution in [1.29, 1.82) is 0 Å². The van der Waals surface area contributed by atoms with Crippen LogP contribution in [0.15, 0.2) is 47.0 Å². The maximum atomic E-state index is 5.51. The van der Waals surface area contributed by atoms with Gasteiger partial charge in [-0.3, -0.25) is 0 Å². The molecule has 5 rings (SSSR count). The van der Waals surface area contributed by atoms with Gasteiger partial charge in [-0.1, -0.05) is 52.4 Å². The molecule has 128 valence electrons. The van der Waals surface area contributed by atoms with E-state index in [1.54, 1.807) is 0 Å². The summed E-state index contributed by atoms with van der Waals surface area (Å²) in [6, 6.07) is 14.3. The number of fused-ring (bicyclic) bond motifs is 2. The number of hydrogen-bond acceptors (Lipinski definition) is 6. The number of para-hydroxylation sites is 1. The van der Waals surface area contributed by atoms with E-state index in [9.17, 15) is 0 Å². The van der Waals surface area contributed by atoms with E-state index in [4.69, 9.17) is 9.62 Å². The average molecular weight is 361 g/mol. The van der Waals surface area contributed by atoms with Crippen LogP contribution in [-0.2, 0) is 6.42 Å². The Bertz CT molecular complexity index is 1250. The van der Waals surface area contributed by atoms with Crippen molar-refractivity contribution >= 4 is 27.3 Å². The molecule has 0 saturated carbocycles. The molecule has 26 heavy (non-hydrogen) atoms. The van der Waals surface area contributed by atoms with Crippen LogP contribution in [0.5, 0.6) is 0 Å². The molecule has 0 bridgehead atoms. The van der Waals surface area contributed by atoms with E-state index in [2.05, 4.69) is 34.4 Å². The molecule has 0 amide bonds. The van der Waals surface area contributed by atoms with Gasteiger partial charge in [-0.05, 0) is 31.5 Å². The molecule has 0 aliphatic heterocycles. The molecule has 6 nitrogen and oxygen atoms in total. The first kappa shape index (κ1) is 15.2. The van der Waals surface area contributed by atoms with Gasteiger partial charge in [0.2, 0.25) is 4.96 Å². The second kappa shape index (κ2) is 5.74. The second-order valence-corrected chi connectivity index (χ2v) is 7.38. The molecule has 0 aliphatic carbocycles.